The highest BCUT2D eigenvalue weighted by Gasteiger charge is 2.54. The fourth-order valence-corrected chi connectivity index (χ4v) is 6.81. The van der Waals surface area contributed by atoms with Gasteiger partial charge in [0.1, 0.15) is 29.6 Å². The molecule has 3 aliphatic carbocycles. The maximum Gasteiger partial charge on any atom is 0.303 e. The van der Waals surface area contributed by atoms with E-state index in [9.17, 15) is 9.90 Å². The van der Waals surface area contributed by atoms with Crippen LogP contribution in [0.25, 0.3) is 0 Å². The summed E-state index contributed by atoms with van der Waals surface area (Å²) in [6, 6.07) is 14.6. The SMILES string of the molecule is COc1cccc(C2C=C(F)C(COc3cccc([C@@H](CC(=O)O)C4CC4)c3)=CC2(F)[C@@H]2CCCC2(C)C)c1. The molecule has 0 amide bonds. The van der Waals surface area contributed by atoms with Gasteiger partial charge in [0, 0.05) is 17.4 Å². The Morgan fingerprint density at radius 3 is 2.51 bits per heavy atom. The number of carboxylic acid groups (broad SMARTS) is 1. The van der Waals surface area contributed by atoms with Gasteiger partial charge >= 0.3 is 5.97 Å². The van der Waals surface area contributed by atoms with Gasteiger partial charge in [-0.05, 0) is 90.5 Å². The number of benzene rings is 2. The van der Waals surface area contributed by atoms with Crippen LogP contribution in [0.4, 0.5) is 8.78 Å². The molecule has 0 aliphatic heterocycles. The van der Waals surface area contributed by atoms with Gasteiger partial charge in [0.15, 0.2) is 0 Å². The molecule has 39 heavy (non-hydrogen) atoms. The first-order valence-corrected chi connectivity index (χ1v) is 14.0. The normalized spacial score (nSPS) is 26.9. The molecule has 2 saturated carbocycles. The summed E-state index contributed by atoms with van der Waals surface area (Å²) in [5.41, 5.74) is -0.221. The zero-order valence-corrected chi connectivity index (χ0v) is 23.0. The minimum atomic E-state index is -1.79. The highest BCUT2D eigenvalue weighted by Crippen LogP contribution is 2.57. The smallest absolute Gasteiger partial charge is 0.303 e. The van der Waals surface area contributed by atoms with Gasteiger partial charge in [0.2, 0.25) is 0 Å². The summed E-state index contributed by atoms with van der Waals surface area (Å²) < 4.78 is 44.5. The number of aliphatic carboxylic acids is 1. The van der Waals surface area contributed by atoms with Crippen LogP contribution in [0.5, 0.6) is 11.5 Å². The van der Waals surface area contributed by atoms with Crippen molar-refractivity contribution in [2.24, 2.45) is 17.3 Å². The Balaban J connectivity index is 1.43. The number of carbonyl (C=O) groups is 1. The predicted octanol–water partition coefficient (Wildman–Crippen LogP) is 8.15. The van der Waals surface area contributed by atoms with Crippen LogP contribution in [0.3, 0.4) is 0 Å². The molecule has 0 bridgehead atoms. The standard InChI is InChI=1S/C33H38F2O4/c1-32(2)14-6-11-30(32)33(35)19-24(29(34)18-28(33)23-8-5-9-25(16-23)38-3)20-39-26-10-4-7-22(15-26)27(17-31(36)37)21-12-13-21/h4-5,7-10,15-16,18-19,21,27-28,30H,6,11-14,17,20H2,1-3H3,(H,36,37)/t27-,28?,30+,33?/m0/s1. The maximum absolute atomic E-state index is 17.5. The molecule has 4 atom stereocenters. The largest absolute Gasteiger partial charge is 0.497 e. The van der Waals surface area contributed by atoms with Crippen LogP contribution in [0.2, 0.25) is 0 Å². The molecule has 3 aliphatic rings. The van der Waals surface area contributed by atoms with Crippen molar-refractivity contribution in [2.45, 2.75) is 69.9 Å². The van der Waals surface area contributed by atoms with Gasteiger partial charge in [-0.3, -0.25) is 4.79 Å². The molecule has 5 rings (SSSR count). The lowest BCUT2D eigenvalue weighted by molar-refractivity contribution is -0.137. The van der Waals surface area contributed by atoms with Crippen molar-refractivity contribution in [2.75, 3.05) is 13.7 Å². The predicted molar refractivity (Wildman–Crippen MR) is 148 cm³/mol. The van der Waals surface area contributed by atoms with Crippen molar-refractivity contribution < 1.29 is 28.2 Å². The number of hydrogen-bond donors (Lipinski definition) is 1. The molecule has 0 aromatic heterocycles. The third kappa shape index (κ3) is 5.75. The van der Waals surface area contributed by atoms with E-state index in [1.807, 2.05) is 30.3 Å². The first kappa shape index (κ1) is 27.4. The Labute approximate surface area is 229 Å². The van der Waals surface area contributed by atoms with E-state index in [0.717, 1.165) is 37.7 Å². The second-order valence-corrected chi connectivity index (χ2v) is 12.1. The third-order valence-electron chi connectivity index (χ3n) is 9.00. The Kier molecular flexibility index (Phi) is 7.58. The van der Waals surface area contributed by atoms with E-state index >= 15 is 8.78 Å². The van der Waals surface area contributed by atoms with Gasteiger partial charge < -0.3 is 14.6 Å². The Bertz CT molecular complexity index is 1280. The van der Waals surface area contributed by atoms with Gasteiger partial charge in [-0.25, -0.2) is 8.78 Å². The number of halogens is 2. The first-order valence-electron chi connectivity index (χ1n) is 14.0. The molecule has 2 aromatic rings. The Morgan fingerprint density at radius 2 is 1.85 bits per heavy atom. The van der Waals surface area contributed by atoms with Crippen molar-refractivity contribution in [3.63, 3.8) is 0 Å². The fourth-order valence-electron chi connectivity index (χ4n) is 6.81. The van der Waals surface area contributed by atoms with E-state index < -0.39 is 23.4 Å². The summed E-state index contributed by atoms with van der Waals surface area (Å²) in [6.45, 7) is 4.10. The topological polar surface area (TPSA) is 55.8 Å². The lowest BCUT2D eigenvalue weighted by Gasteiger charge is -2.43. The van der Waals surface area contributed by atoms with E-state index in [1.54, 1.807) is 25.3 Å². The summed E-state index contributed by atoms with van der Waals surface area (Å²) in [7, 11) is 1.57. The van der Waals surface area contributed by atoms with Crippen LogP contribution in [-0.4, -0.2) is 30.5 Å². The number of allylic oxidation sites excluding steroid dienone is 2. The van der Waals surface area contributed by atoms with Crippen LogP contribution < -0.4 is 9.47 Å². The molecule has 208 valence electrons. The van der Waals surface area contributed by atoms with Gasteiger partial charge in [-0.1, -0.05) is 44.5 Å². The number of carboxylic acids is 1. The second-order valence-electron chi connectivity index (χ2n) is 12.1. The van der Waals surface area contributed by atoms with E-state index in [-0.39, 0.29) is 35.9 Å². The molecule has 2 fully saturated rings. The van der Waals surface area contributed by atoms with Crippen LogP contribution in [-0.2, 0) is 4.79 Å². The van der Waals surface area contributed by atoms with Crippen molar-refractivity contribution in [3.8, 4) is 11.5 Å². The summed E-state index contributed by atoms with van der Waals surface area (Å²) in [6.07, 6.45) is 7.60. The van der Waals surface area contributed by atoms with E-state index in [1.165, 1.54) is 12.2 Å². The second kappa shape index (κ2) is 10.8. The quantitative estimate of drug-likeness (QED) is 0.333. The Hall–Kier alpha value is -3.15. The van der Waals surface area contributed by atoms with E-state index in [0.29, 0.717) is 23.0 Å². The summed E-state index contributed by atoms with van der Waals surface area (Å²) >= 11 is 0. The van der Waals surface area contributed by atoms with E-state index in [4.69, 9.17) is 9.47 Å². The van der Waals surface area contributed by atoms with Crippen LogP contribution in [0, 0.1) is 17.3 Å². The molecule has 6 heteroatoms. The van der Waals surface area contributed by atoms with Gasteiger partial charge in [0.05, 0.1) is 13.5 Å². The van der Waals surface area contributed by atoms with Crippen molar-refractivity contribution >= 4 is 5.97 Å². The van der Waals surface area contributed by atoms with E-state index in [2.05, 4.69) is 13.8 Å². The zero-order valence-electron chi connectivity index (χ0n) is 23.0. The van der Waals surface area contributed by atoms with Crippen molar-refractivity contribution in [1.29, 1.82) is 0 Å². The van der Waals surface area contributed by atoms with Gasteiger partial charge in [-0.15, -0.1) is 0 Å². The highest BCUT2D eigenvalue weighted by molar-refractivity contribution is 5.68. The van der Waals surface area contributed by atoms with Crippen LogP contribution in [0.15, 0.2) is 72.1 Å². The lowest BCUT2D eigenvalue weighted by Crippen LogP contribution is -2.44. The summed E-state index contributed by atoms with van der Waals surface area (Å²) in [5.74, 6) is -0.923. The third-order valence-corrected chi connectivity index (χ3v) is 9.00. The average molecular weight is 537 g/mol. The number of alkyl halides is 1. The molecule has 4 nitrogen and oxygen atoms in total. The lowest BCUT2D eigenvalue weighted by atomic mass is 9.64. The molecule has 2 unspecified atom stereocenters. The fraction of sp³-hybridized carbons (Fsp3) is 0.485. The van der Waals surface area contributed by atoms with Crippen LogP contribution in [0.1, 0.15) is 75.3 Å². The number of rotatable bonds is 10. The molecular formula is C33H38F2O4. The highest BCUT2D eigenvalue weighted by atomic mass is 19.1. The number of methoxy groups -OCH3 is 1. The summed E-state index contributed by atoms with van der Waals surface area (Å²) in [4.78, 5) is 11.4. The maximum atomic E-state index is 17.5. The molecule has 0 radical (unpaired) electrons. The Morgan fingerprint density at radius 1 is 1.10 bits per heavy atom. The molecule has 0 saturated heterocycles. The monoisotopic (exact) mass is 536 g/mol. The molecular weight excluding hydrogens is 498 g/mol. The summed E-state index contributed by atoms with van der Waals surface area (Å²) in [5, 5.41) is 9.37. The average Bonchev–Trinajstić information content (AvgIpc) is 3.69. The molecule has 1 N–H and O–H groups in total. The van der Waals surface area contributed by atoms with Gasteiger partial charge in [-0.2, -0.15) is 0 Å². The first-order chi connectivity index (χ1) is 18.6. The molecule has 2 aromatic carbocycles. The number of ether oxygens (including phenoxy) is 2. The minimum Gasteiger partial charge on any atom is -0.497 e. The van der Waals surface area contributed by atoms with Crippen molar-refractivity contribution in [1.82, 2.24) is 0 Å². The zero-order chi connectivity index (χ0) is 27.8. The van der Waals surface area contributed by atoms with Gasteiger partial charge in [0.25, 0.3) is 0 Å². The number of hydrogen-bond acceptors (Lipinski definition) is 3. The van der Waals surface area contributed by atoms with Crippen LogP contribution >= 0.6 is 0 Å². The van der Waals surface area contributed by atoms with Crippen molar-refractivity contribution in [3.05, 3.63) is 83.2 Å². The minimum absolute atomic E-state index is 0.0664. The molecule has 0 spiro atoms. The molecule has 0 heterocycles.